The molecular formula is C11H10N2O3. The topological polar surface area (TPSA) is 75.3 Å². The number of carboxylic acid groups (broad SMARTS) is 1. The van der Waals surface area contributed by atoms with E-state index in [9.17, 15) is 4.79 Å². The van der Waals surface area contributed by atoms with Gasteiger partial charge in [0.25, 0.3) is 0 Å². The van der Waals surface area contributed by atoms with E-state index in [1.165, 1.54) is 6.20 Å². The number of rotatable bonds is 2. The Labute approximate surface area is 91.6 Å². The van der Waals surface area contributed by atoms with Gasteiger partial charge in [-0.15, -0.1) is 0 Å². The zero-order valence-corrected chi connectivity index (χ0v) is 8.37. The highest BCUT2D eigenvalue weighted by molar-refractivity contribution is 5.76. The van der Waals surface area contributed by atoms with Crippen molar-refractivity contribution in [2.24, 2.45) is 0 Å². The second kappa shape index (κ2) is 4.16. The fraction of sp³-hybridized carbons (Fsp3) is 0.0909. The Hall–Kier alpha value is -2.14. The van der Waals surface area contributed by atoms with Gasteiger partial charge in [0.05, 0.1) is 18.0 Å². The lowest BCUT2D eigenvalue weighted by Gasteiger charge is -2.04. The summed E-state index contributed by atoms with van der Waals surface area (Å²) in [6.07, 6.45) is 1.98. The minimum Gasteiger partial charge on any atom is -0.464 e. The molecule has 0 bridgehead atoms. The van der Waals surface area contributed by atoms with Crippen LogP contribution in [0.15, 0.2) is 36.7 Å². The molecule has 0 amide bonds. The fourth-order valence-electron chi connectivity index (χ4n) is 1.45. The lowest BCUT2D eigenvalue weighted by Crippen LogP contribution is -2.07. The summed E-state index contributed by atoms with van der Waals surface area (Å²) in [5.41, 5.74) is 1.81. The molecule has 0 saturated carbocycles. The third kappa shape index (κ3) is 1.80. The van der Waals surface area contributed by atoms with Crippen LogP contribution in [0.25, 0.3) is 11.3 Å². The lowest BCUT2D eigenvalue weighted by molar-refractivity contribution is 0.197. The largest absolute Gasteiger partial charge is 0.464 e. The van der Waals surface area contributed by atoms with Crippen LogP contribution in [-0.4, -0.2) is 25.9 Å². The summed E-state index contributed by atoms with van der Waals surface area (Å²) < 4.78 is 1.12. The first kappa shape index (κ1) is 10.4. The molecule has 0 atom stereocenters. The average Bonchev–Trinajstić information content (AvgIpc) is 2.78. The van der Waals surface area contributed by atoms with E-state index in [1.807, 2.05) is 0 Å². The van der Waals surface area contributed by atoms with E-state index in [0.29, 0.717) is 17.0 Å². The average molecular weight is 218 g/mol. The first-order chi connectivity index (χ1) is 7.72. The van der Waals surface area contributed by atoms with Crippen LogP contribution < -0.4 is 0 Å². The minimum atomic E-state index is -1.04. The lowest BCUT2D eigenvalue weighted by atomic mass is 10.2. The van der Waals surface area contributed by atoms with E-state index < -0.39 is 6.09 Å². The van der Waals surface area contributed by atoms with E-state index in [1.54, 1.807) is 30.5 Å². The van der Waals surface area contributed by atoms with Crippen molar-refractivity contribution in [2.75, 3.05) is 0 Å². The minimum absolute atomic E-state index is 0.125. The number of aromatic nitrogens is 2. The van der Waals surface area contributed by atoms with Gasteiger partial charge < -0.3 is 10.2 Å². The van der Waals surface area contributed by atoms with Crippen molar-refractivity contribution < 1.29 is 15.0 Å². The summed E-state index contributed by atoms with van der Waals surface area (Å²) in [6, 6.07) is 6.75. The van der Waals surface area contributed by atoms with Crippen molar-refractivity contribution in [2.45, 2.75) is 6.61 Å². The molecule has 0 spiro atoms. The highest BCUT2D eigenvalue weighted by atomic mass is 16.4. The summed E-state index contributed by atoms with van der Waals surface area (Å²) in [5, 5.41) is 17.8. The Bertz CT molecular complexity index is 502. The Morgan fingerprint density at radius 3 is 2.75 bits per heavy atom. The standard InChI is InChI=1S/C11H10N2O3/c14-7-9-4-3-8(6-12-9)10-2-1-5-13(10)11(15)16/h1-6,14H,7H2,(H,15,16). The third-order valence-electron chi connectivity index (χ3n) is 2.24. The molecule has 5 heteroatoms. The van der Waals surface area contributed by atoms with Gasteiger partial charge in [0.15, 0.2) is 0 Å². The van der Waals surface area contributed by atoms with Crippen LogP contribution in [0.5, 0.6) is 0 Å². The molecule has 0 radical (unpaired) electrons. The van der Waals surface area contributed by atoms with E-state index in [2.05, 4.69) is 4.98 Å². The number of hydrogen-bond acceptors (Lipinski definition) is 3. The molecule has 2 N–H and O–H groups in total. The number of aliphatic hydroxyl groups excluding tert-OH is 1. The molecule has 0 aromatic carbocycles. The highest BCUT2D eigenvalue weighted by Crippen LogP contribution is 2.19. The molecular weight excluding hydrogens is 208 g/mol. The summed E-state index contributed by atoms with van der Waals surface area (Å²) >= 11 is 0. The molecule has 2 rings (SSSR count). The van der Waals surface area contributed by atoms with Gasteiger partial charge in [-0.1, -0.05) is 0 Å². The molecule has 0 saturated heterocycles. The van der Waals surface area contributed by atoms with Crippen LogP contribution in [-0.2, 0) is 6.61 Å². The molecule has 2 heterocycles. The van der Waals surface area contributed by atoms with Gasteiger partial charge in [0.2, 0.25) is 0 Å². The van der Waals surface area contributed by atoms with Crippen LogP contribution >= 0.6 is 0 Å². The van der Waals surface area contributed by atoms with E-state index in [-0.39, 0.29) is 6.61 Å². The summed E-state index contributed by atoms with van der Waals surface area (Å²) in [6.45, 7) is -0.125. The van der Waals surface area contributed by atoms with Gasteiger partial charge in [-0.25, -0.2) is 4.79 Å². The van der Waals surface area contributed by atoms with Crippen molar-refractivity contribution in [3.63, 3.8) is 0 Å². The smallest absolute Gasteiger partial charge is 0.415 e. The molecule has 2 aromatic rings. The van der Waals surface area contributed by atoms with Crippen LogP contribution in [0.2, 0.25) is 0 Å². The van der Waals surface area contributed by atoms with Crippen LogP contribution in [0.4, 0.5) is 4.79 Å². The molecule has 82 valence electrons. The molecule has 0 unspecified atom stereocenters. The quantitative estimate of drug-likeness (QED) is 0.802. The number of nitrogens with zero attached hydrogens (tertiary/aromatic N) is 2. The normalized spacial score (nSPS) is 10.3. The molecule has 0 aliphatic rings. The first-order valence-corrected chi connectivity index (χ1v) is 4.69. The van der Waals surface area contributed by atoms with Crippen LogP contribution in [0, 0.1) is 0 Å². The van der Waals surface area contributed by atoms with Crippen molar-refractivity contribution in [1.29, 1.82) is 0 Å². The summed E-state index contributed by atoms with van der Waals surface area (Å²) in [4.78, 5) is 14.9. The zero-order valence-electron chi connectivity index (χ0n) is 8.37. The Morgan fingerprint density at radius 2 is 2.19 bits per heavy atom. The number of pyridine rings is 1. The van der Waals surface area contributed by atoms with Gasteiger partial charge in [0, 0.05) is 18.0 Å². The van der Waals surface area contributed by atoms with Crippen LogP contribution in [0.3, 0.4) is 0 Å². The molecule has 2 aromatic heterocycles. The summed E-state index contributed by atoms with van der Waals surface area (Å²) in [5.74, 6) is 0. The number of carbonyl (C=O) groups is 1. The highest BCUT2D eigenvalue weighted by Gasteiger charge is 2.09. The second-order valence-corrected chi connectivity index (χ2v) is 3.24. The maximum atomic E-state index is 10.9. The SMILES string of the molecule is O=C(O)n1cccc1-c1ccc(CO)nc1. The predicted molar refractivity (Wildman–Crippen MR) is 57.0 cm³/mol. The van der Waals surface area contributed by atoms with Crippen molar-refractivity contribution >= 4 is 6.09 Å². The second-order valence-electron chi connectivity index (χ2n) is 3.24. The van der Waals surface area contributed by atoms with Crippen LogP contribution in [0.1, 0.15) is 5.69 Å². The van der Waals surface area contributed by atoms with Gasteiger partial charge in [-0.3, -0.25) is 9.55 Å². The predicted octanol–water partition coefficient (Wildman–Crippen LogP) is 1.57. The Morgan fingerprint density at radius 1 is 1.38 bits per heavy atom. The monoisotopic (exact) mass is 218 g/mol. The number of aliphatic hydroxyl groups is 1. The van der Waals surface area contributed by atoms with Crippen molar-refractivity contribution in [1.82, 2.24) is 9.55 Å². The van der Waals surface area contributed by atoms with Gasteiger partial charge in [0.1, 0.15) is 0 Å². The van der Waals surface area contributed by atoms with E-state index >= 15 is 0 Å². The zero-order chi connectivity index (χ0) is 11.5. The maximum absolute atomic E-state index is 10.9. The molecule has 16 heavy (non-hydrogen) atoms. The van der Waals surface area contributed by atoms with Crippen molar-refractivity contribution in [3.8, 4) is 11.3 Å². The van der Waals surface area contributed by atoms with Crippen molar-refractivity contribution in [3.05, 3.63) is 42.4 Å². The van der Waals surface area contributed by atoms with Gasteiger partial charge in [-0.2, -0.15) is 0 Å². The Balaban J connectivity index is 2.42. The Kier molecular flexibility index (Phi) is 2.70. The fourth-order valence-corrected chi connectivity index (χ4v) is 1.45. The van der Waals surface area contributed by atoms with Gasteiger partial charge >= 0.3 is 6.09 Å². The molecule has 5 nitrogen and oxygen atoms in total. The first-order valence-electron chi connectivity index (χ1n) is 4.69. The van der Waals surface area contributed by atoms with E-state index in [0.717, 1.165) is 4.57 Å². The number of hydrogen-bond donors (Lipinski definition) is 2. The summed E-state index contributed by atoms with van der Waals surface area (Å²) in [7, 11) is 0. The van der Waals surface area contributed by atoms with E-state index in [4.69, 9.17) is 10.2 Å². The van der Waals surface area contributed by atoms with Gasteiger partial charge in [-0.05, 0) is 24.3 Å². The molecule has 0 aliphatic carbocycles. The third-order valence-corrected chi connectivity index (χ3v) is 2.24. The molecule has 0 fully saturated rings. The molecule has 0 aliphatic heterocycles. The maximum Gasteiger partial charge on any atom is 0.415 e.